The number of nitrogens with zero attached hydrogens (tertiary/aromatic N) is 1. The molecule has 1 unspecified atom stereocenters. The van der Waals surface area contributed by atoms with Crippen molar-refractivity contribution in [2.45, 2.75) is 31.8 Å². The Morgan fingerprint density at radius 2 is 2.14 bits per heavy atom. The molecular formula is C17H24N2O2. The minimum atomic E-state index is 0.0228. The summed E-state index contributed by atoms with van der Waals surface area (Å²) in [6.07, 6.45) is 4.50. The van der Waals surface area contributed by atoms with Gasteiger partial charge in [-0.1, -0.05) is 24.8 Å². The van der Waals surface area contributed by atoms with Crippen LogP contribution >= 0.6 is 0 Å². The van der Waals surface area contributed by atoms with E-state index in [9.17, 15) is 4.79 Å². The van der Waals surface area contributed by atoms with Crippen molar-refractivity contribution in [1.82, 2.24) is 4.90 Å². The first-order chi connectivity index (χ1) is 10.1. The molecule has 1 atom stereocenters. The molecule has 2 N–H and O–H groups in total. The molecule has 0 saturated heterocycles. The number of carbonyl (C=O) groups is 1. The zero-order chi connectivity index (χ0) is 15.2. The first-order valence-electron chi connectivity index (χ1n) is 7.42. The predicted molar refractivity (Wildman–Crippen MR) is 83.9 cm³/mol. The molecule has 114 valence electrons. The van der Waals surface area contributed by atoms with Crippen LogP contribution in [-0.4, -0.2) is 30.5 Å². The van der Waals surface area contributed by atoms with E-state index in [1.54, 1.807) is 11.0 Å². The molecule has 1 aliphatic carbocycles. The van der Waals surface area contributed by atoms with Crippen LogP contribution in [0.5, 0.6) is 5.75 Å². The van der Waals surface area contributed by atoms with Crippen molar-refractivity contribution in [3.8, 4) is 5.75 Å². The maximum atomic E-state index is 12.1. The molecule has 0 aliphatic heterocycles. The Hall–Kier alpha value is -1.81. The number of benzene rings is 1. The van der Waals surface area contributed by atoms with Gasteiger partial charge in [-0.05, 0) is 36.5 Å². The van der Waals surface area contributed by atoms with Gasteiger partial charge in [0.15, 0.2) is 0 Å². The lowest BCUT2D eigenvalue weighted by atomic mass is 10.1. The van der Waals surface area contributed by atoms with Crippen LogP contribution in [-0.2, 0) is 11.3 Å². The number of ether oxygens (including phenoxy) is 1. The summed E-state index contributed by atoms with van der Waals surface area (Å²) in [5.74, 6) is 1.48. The normalized spacial score (nSPS) is 15.3. The Labute approximate surface area is 126 Å². The minimum absolute atomic E-state index is 0.0228. The Morgan fingerprint density at radius 1 is 1.48 bits per heavy atom. The Kier molecular flexibility index (Phi) is 5.39. The van der Waals surface area contributed by atoms with Gasteiger partial charge in [0, 0.05) is 26.1 Å². The van der Waals surface area contributed by atoms with Gasteiger partial charge >= 0.3 is 0 Å². The van der Waals surface area contributed by atoms with Gasteiger partial charge in [-0.25, -0.2) is 0 Å². The molecule has 0 spiro atoms. The molecule has 1 aliphatic rings. The van der Waals surface area contributed by atoms with E-state index in [0.29, 0.717) is 25.5 Å². The molecule has 1 saturated carbocycles. The zero-order valence-corrected chi connectivity index (χ0v) is 12.6. The van der Waals surface area contributed by atoms with Crippen molar-refractivity contribution in [1.29, 1.82) is 0 Å². The maximum Gasteiger partial charge on any atom is 0.224 e. The summed E-state index contributed by atoms with van der Waals surface area (Å²) >= 11 is 0. The Bertz CT molecular complexity index is 480. The molecule has 4 nitrogen and oxygen atoms in total. The van der Waals surface area contributed by atoms with E-state index in [2.05, 4.69) is 6.58 Å². The van der Waals surface area contributed by atoms with Crippen LogP contribution in [0, 0.1) is 5.92 Å². The van der Waals surface area contributed by atoms with Gasteiger partial charge in [-0.15, -0.1) is 0 Å². The molecule has 0 radical (unpaired) electrons. The van der Waals surface area contributed by atoms with Crippen molar-refractivity contribution in [2.24, 2.45) is 11.7 Å². The van der Waals surface area contributed by atoms with Gasteiger partial charge in [0.25, 0.3) is 0 Å². The highest BCUT2D eigenvalue weighted by molar-refractivity contribution is 5.76. The van der Waals surface area contributed by atoms with E-state index < -0.39 is 0 Å². The largest absolute Gasteiger partial charge is 0.490 e. The van der Waals surface area contributed by atoms with Crippen molar-refractivity contribution in [2.75, 3.05) is 13.7 Å². The molecular weight excluding hydrogens is 264 g/mol. The lowest BCUT2D eigenvalue weighted by molar-refractivity contribution is -0.130. The van der Waals surface area contributed by atoms with Crippen LogP contribution in [0.1, 0.15) is 24.8 Å². The molecule has 2 rings (SSSR count). The second-order valence-corrected chi connectivity index (χ2v) is 5.70. The van der Waals surface area contributed by atoms with Crippen LogP contribution in [0.15, 0.2) is 36.9 Å². The number of nitrogens with two attached hydrogens (primary N) is 1. The summed E-state index contributed by atoms with van der Waals surface area (Å²) in [4.78, 5) is 13.8. The lowest BCUT2D eigenvalue weighted by Gasteiger charge is -2.19. The topological polar surface area (TPSA) is 55.6 Å². The van der Waals surface area contributed by atoms with Crippen molar-refractivity contribution >= 4 is 5.91 Å². The molecule has 0 bridgehead atoms. The van der Waals surface area contributed by atoms with E-state index in [1.165, 1.54) is 12.8 Å². The average molecular weight is 288 g/mol. The van der Waals surface area contributed by atoms with E-state index in [-0.39, 0.29) is 11.9 Å². The number of hydrogen-bond donors (Lipinski definition) is 1. The summed E-state index contributed by atoms with van der Waals surface area (Å²) in [6, 6.07) is 7.79. The van der Waals surface area contributed by atoms with Crippen molar-refractivity contribution < 1.29 is 9.53 Å². The molecule has 0 aromatic heterocycles. The Morgan fingerprint density at radius 3 is 2.71 bits per heavy atom. The first kappa shape index (κ1) is 15.6. The number of hydrogen-bond acceptors (Lipinski definition) is 3. The molecule has 1 aromatic carbocycles. The van der Waals surface area contributed by atoms with Crippen LogP contribution in [0.4, 0.5) is 0 Å². The summed E-state index contributed by atoms with van der Waals surface area (Å²) in [5.41, 5.74) is 7.09. The fraction of sp³-hybridized carbons (Fsp3) is 0.471. The van der Waals surface area contributed by atoms with E-state index in [4.69, 9.17) is 10.5 Å². The average Bonchev–Trinajstić information content (AvgIpc) is 3.31. The van der Waals surface area contributed by atoms with Crippen LogP contribution < -0.4 is 10.5 Å². The molecule has 0 heterocycles. The van der Waals surface area contributed by atoms with Crippen LogP contribution in [0.2, 0.25) is 0 Å². The maximum absolute atomic E-state index is 12.1. The van der Waals surface area contributed by atoms with Gasteiger partial charge in [-0.2, -0.15) is 0 Å². The molecule has 1 fully saturated rings. The van der Waals surface area contributed by atoms with E-state index in [0.717, 1.165) is 11.3 Å². The monoisotopic (exact) mass is 288 g/mol. The van der Waals surface area contributed by atoms with Crippen molar-refractivity contribution in [3.63, 3.8) is 0 Å². The fourth-order valence-electron chi connectivity index (χ4n) is 2.26. The minimum Gasteiger partial charge on any atom is -0.490 e. The molecule has 4 heteroatoms. The molecule has 21 heavy (non-hydrogen) atoms. The predicted octanol–water partition coefficient (Wildman–Crippen LogP) is 2.34. The second-order valence-electron chi connectivity index (χ2n) is 5.70. The summed E-state index contributed by atoms with van der Waals surface area (Å²) < 4.78 is 5.43. The van der Waals surface area contributed by atoms with Gasteiger partial charge < -0.3 is 15.4 Å². The van der Waals surface area contributed by atoms with Gasteiger partial charge in [0.2, 0.25) is 5.91 Å². The lowest BCUT2D eigenvalue weighted by Crippen LogP contribution is -2.34. The highest BCUT2D eigenvalue weighted by Gasteiger charge is 2.30. The standard InChI is InChI=1S/C17H24N2O2/c1-3-10-21-15-8-4-13(5-9-15)12-19(2)17(20)11-16(18)14-6-7-14/h3-5,8-9,14,16H,1,6-7,10-12,18H2,2H3. The van der Waals surface area contributed by atoms with Crippen molar-refractivity contribution in [3.05, 3.63) is 42.5 Å². The third-order valence-corrected chi connectivity index (χ3v) is 3.77. The van der Waals surface area contributed by atoms with Crippen LogP contribution in [0.25, 0.3) is 0 Å². The number of rotatable bonds is 8. The summed E-state index contributed by atoms with van der Waals surface area (Å²) in [7, 11) is 1.82. The zero-order valence-electron chi connectivity index (χ0n) is 12.6. The summed E-state index contributed by atoms with van der Waals surface area (Å²) in [6.45, 7) is 4.71. The Balaban J connectivity index is 1.81. The second kappa shape index (κ2) is 7.27. The van der Waals surface area contributed by atoms with Gasteiger partial charge in [-0.3, -0.25) is 4.79 Å². The molecule has 1 aromatic rings. The van der Waals surface area contributed by atoms with E-state index in [1.807, 2.05) is 31.3 Å². The third kappa shape index (κ3) is 4.90. The highest BCUT2D eigenvalue weighted by Crippen LogP contribution is 2.33. The summed E-state index contributed by atoms with van der Waals surface area (Å²) in [5, 5.41) is 0. The third-order valence-electron chi connectivity index (χ3n) is 3.77. The molecule has 1 amide bonds. The smallest absolute Gasteiger partial charge is 0.224 e. The quantitative estimate of drug-likeness (QED) is 0.747. The SMILES string of the molecule is C=CCOc1ccc(CN(C)C(=O)CC(N)C2CC2)cc1. The van der Waals surface area contributed by atoms with Crippen LogP contribution in [0.3, 0.4) is 0 Å². The number of carbonyl (C=O) groups excluding carboxylic acids is 1. The van der Waals surface area contributed by atoms with Gasteiger partial charge in [0.05, 0.1) is 0 Å². The van der Waals surface area contributed by atoms with Gasteiger partial charge in [0.1, 0.15) is 12.4 Å². The highest BCUT2D eigenvalue weighted by atomic mass is 16.5. The van der Waals surface area contributed by atoms with E-state index >= 15 is 0 Å². The number of amides is 1. The fourth-order valence-corrected chi connectivity index (χ4v) is 2.26. The first-order valence-corrected chi connectivity index (χ1v) is 7.42.